The smallest absolute Gasteiger partial charge is 0.260 e. The van der Waals surface area contributed by atoms with Gasteiger partial charge in [0.15, 0.2) is 0 Å². The number of nitrogens with zero attached hydrogens (tertiary/aromatic N) is 3. The average molecular weight is 374 g/mol. The molecular weight excluding hydrogens is 356 g/mol. The maximum atomic E-state index is 13.3. The number of hydrogen-bond donors (Lipinski definition) is 1. The minimum Gasteiger partial charge on any atom is -0.497 e. The second-order valence-electron chi connectivity index (χ2n) is 6.94. The first-order valence-corrected chi connectivity index (χ1v) is 9.02. The number of aryl methyl sites for hydroxylation is 1. The van der Waals surface area contributed by atoms with Crippen molar-refractivity contribution in [3.8, 4) is 5.75 Å². The van der Waals surface area contributed by atoms with Gasteiger partial charge >= 0.3 is 0 Å². The zero-order valence-corrected chi connectivity index (χ0v) is 15.5. The third-order valence-electron chi connectivity index (χ3n) is 5.35. The highest BCUT2D eigenvalue weighted by Gasteiger charge is 2.33. The average Bonchev–Trinajstić information content (AvgIpc) is 3.11. The van der Waals surface area contributed by atoms with Gasteiger partial charge in [0.25, 0.3) is 5.56 Å². The highest BCUT2D eigenvalue weighted by atomic mass is 16.5. The lowest BCUT2D eigenvalue weighted by Crippen LogP contribution is -2.35. The second-order valence-corrected chi connectivity index (χ2v) is 6.94. The molecule has 1 atom stereocenters. The van der Waals surface area contributed by atoms with Gasteiger partial charge in [-0.2, -0.15) is 0 Å². The molecule has 1 N–H and O–H groups in total. The van der Waals surface area contributed by atoms with Crippen LogP contribution >= 0.6 is 0 Å². The van der Waals surface area contributed by atoms with E-state index in [0.717, 1.165) is 16.6 Å². The number of benzene rings is 2. The molecule has 140 valence electrons. The molecule has 0 bridgehead atoms. The number of para-hydroxylation sites is 2. The van der Waals surface area contributed by atoms with E-state index >= 15 is 0 Å². The van der Waals surface area contributed by atoms with E-state index in [1.54, 1.807) is 18.7 Å². The van der Waals surface area contributed by atoms with Crippen molar-refractivity contribution in [3.63, 3.8) is 0 Å². The van der Waals surface area contributed by atoms with Crippen LogP contribution in [0, 0.1) is 0 Å². The number of imidazole rings is 1. The molecule has 2 aromatic heterocycles. The number of carbonyl (C=O) groups is 1. The summed E-state index contributed by atoms with van der Waals surface area (Å²) in [4.78, 5) is 30.4. The summed E-state index contributed by atoms with van der Waals surface area (Å²) in [5, 5.41) is 2.92. The molecule has 4 aromatic rings. The normalized spacial score (nSPS) is 16.2. The van der Waals surface area contributed by atoms with E-state index < -0.39 is 0 Å². The Morgan fingerprint density at radius 3 is 2.79 bits per heavy atom. The molecule has 1 amide bonds. The van der Waals surface area contributed by atoms with E-state index in [0.29, 0.717) is 22.9 Å². The molecule has 7 heteroatoms. The third-order valence-corrected chi connectivity index (χ3v) is 5.35. The van der Waals surface area contributed by atoms with Crippen LogP contribution in [0.5, 0.6) is 5.75 Å². The van der Waals surface area contributed by atoms with Crippen LogP contribution in [0.1, 0.15) is 23.5 Å². The summed E-state index contributed by atoms with van der Waals surface area (Å²) in [6.07, 6.45) is 0.202. The van der Waals surface area contributed by atoms with Crippen molar-refractivity contribution in [1.29, 1.82) is 0 Å². The Morgan fingerprint density at radius 2 is 1.96 bits per heavy atom. The van der Waals surface area contributed by atoms with Crippen molar-refractivity contribution in [3.05, 3.63) is 70.0 Å². The van der Waals surface area contributed by atoms with E-state index in [1.165, 1.54) is 0 Å². The number of ether oxygens (including phenoxy) is 1. The molecule has 0 spiro atoms. The summed E-state index contributed by atoms with van der Waals surface area (Å²) in [7, 11) is 3.31. The fourth-order valence-electron chi connectivity index (χ4n) is 4.00. The quantitative estimate of drug-likeness (QED) is 0.585. The van der Waals surface area contributed by atoms with Crippen molar-refractivity contribution >= 4 is 28.5 Å². The summed E-state index contributed by atoms with van der Waals surface area (Å²) in [6, 6.07) is 15.2. The van der Waals surface area contributed by atoms with Crippen molar-refractivity contribution < 1.29 is 9.53 Å². The molecule has 5 rings (SSSR count). The molecular formula is C21H18N4O3. The molecule has 28 heavy (non-hydrogen) atoms. The van der Waals surface area contributed by atoms with E-state index in [9.17, 15) is 9.59 Å². The van der Waals surface area contributed by atoms with E-state index in [-0.39, 0.29) is 23.8 Å². The van der Waals surface area contributed by atoms with Gasteiger partial charge in [-0.15, -0.1) is 0 Å². The summed E-state index contributed by atoms with van der Waals surface area (Å²) in [5.74, 6) is 1.19. The maximum Gasteiger partial charge on any atom is 0.260 e. The van der Waals surface area contributed by atoms with Gasteiger partial charge in [0, 0.05) is 19.4 Å². The summed E-state index contributed by atoms with van der Waals surface area (Å²) in [5.41, 5.74) is 2.88. The number of nitrogens with one attached hydrogen (secondary N) is 1. The maximum absolute atomic E-state index is 13.3. The van der Waals surface area contributed by atoms with Crippen LogP contribution in [-0.2, 0) is 11.8 Å². The molecule has 0 radical (unpaired) electrons. The van der Waals surface area contributed by atoms with Gasteiger partial charge in [0.2, 0.25) is 11.7 Å². The predicted molar refractivity (Wildman–Crippen MR) is 106 cm³/mol. The van der Waals surface area contributed by atoms with Gasteiger partial charge in [-0.1, -0.05) is 24.3 Å². The number of anilines is 1. The van der Waals surface area contributed by atoms with Crippen LogP contribution < -0.4 is 15.6 Å². The van der Waals surface area contributed by atoms with Crippen LogP contribution in [0.25, 0.3) is 16.8 Å². The van der Waals surface area contributed by atoms with Crippen molar-refractivity contribution in [2.24, 2.45) is 7.05 Å². The lowest BCUT2D eigenvalue weighted by atomic mass is 9.86. The number of amides is 1. The lowest BCUT2D eigenvalue weighted by Gasteiger charge is -2.27. The van der Waals surface area contributed by atoms with Crippen LogP contribution in [0.3, 0.4) is 0 Å². The molecule has 1 unspecified atom stereocenters. The standard InChI is InChI=1S/C21H18N4O3/c1-24-20(27)18-14(12-6-5-7-13(10-12)28-2)11-17(26)23-19(18)25-16-9-4-3-8-15(16)22-21(24)25/h3-10,14H,11H2,1-2H3,(H,23,26). The van der Waals surface area contributed by atoms with Gasteiger partial charge < -0.3 is 10.1 Å². The van der Waals surface area contributed by atoms with Gasteiger partial charge in [-0.05, 0) is 29.8 Å². The fraction of sp³-hybridized carbons (Fsp3) is 0.190. The first kappa shape index (κ1) is 16.6. The van der Waals surface area contributed by atoms with Crippen molar-refractivity contribution in [2.75, 3.05) is 12.4 Å². The Morgan fingerprint density at radius 1 is 1.14 bits per heavy atom. The van der Waals surface area contributed by atoms with Gasteiger partial charge in [0.1, 0.15) is 11.6 Å². The van der Waals surface area contributed by atoms with Crippen LogP contribution in [-0.4, -0.2) is 27.0 Å². The lowest BCUT2D eigenvalue weighted by molar-refractivity contribution is -0.116. The molecule has 2 aromatic carbocycles. The van der Waals surface area contributed by atoms with E-state index in [2.05, 4.69) is 10.3 Å². The summed E-state index contributed by atoms with van der Waals surface area (Å²) >= 11 is 0. The second kappa shape index (κ2) is 5.95. The molecule has 0 saturated heterocycles. The van der Waals surface area contributed by atoms with Crippen LogP contribution in [0.2, 0.25) is 0 Å². The summed E-state index contributed by atoms with van der Waals surface area (Å²) < 4.78 is 8.73. The first-order valence-electron chi connectivity index (χ1n) is 9.02. The van der Waals surface area contributed by atoms with Crippen molar-refractivity contribution in [1.82, 2.24) is 14.0 Å². The highest BCUT2D eigenvalue weighted by molar-refractivity contribution is 5.96. The van der Waals surface area contributed by atoms with Crippen molar-refractivity contribution in [2.45, 2.75) is 12.3 Å². The third kappa shape index (κ3) is 2.26. The first-order chi connectivity index (χ1) is 13.6. The zero-order chi connectivity index (χ0) is 19.4. The molecule has 3 heterocycles. The van der Waals surface area contributed by atoms with Gasteiger partial charge in [-0.25, -0.2) is 4.98 Å². The molecule has 7 nitrogen and oxygen atoms in total. The van der Waals surface area contributed by atoms with E-state index in [4.69, 9.17) is 4.74 Å². The Labute approximate surface area is 160 Å². The summed E-state index contributed by atoms with van der Waals surface area (Å²) in [6.45, 7) is 0. The number of methoxy groups -OCH3 is 1. The number of carbonyl (C=O) groups excluding carboxylic acids is 1. The number of hydrogen-bond acceptors (Lipinski definition) is 4. The predicted octanol–water partition coefficient (Wildman–Crippen LogP) is 2.67. The minimum absolute atomic E-state index is 0.132. The van der Waals surface area contributed by atoms with Gasteiger partial charge in [-0.3, -0.25) is 18.6 Å². The zero-order valence-electron chi connectivity index (χ0n) is 15.5. The Bertz CT molecular complexity index is 1320. The van der Waals surface area contributed by atoms with Gasteiger partial charge in [0.05, 0.1) is 23.7 Å². The largest absolute Gasteiger partial charge is 0.497 e. The number of rotatable bonds is 2. The fourth-order valence-corrected chi connectivity index (χ4v) is 4.00. The topological polar surface area (TPSA) is 77.6 Å². The Balaban J connectivity index is 1.88. The highest BCUT2D eigenvalue weighted by Crippen LogP contribution is 2.37. The Kier molecular flexibility index (Phi) is 3.52. The molecule has 1 aliphatic heterocycles. The van der Waals surface area contributed by atoms with Crippen LogP contribution in [0.15, 0.2) is 53.3 Å². The number of aromatic nitrogens is 3. The SMILES string of the molecule is COc1cccc(C2CC(=O)Nc3c2c(=O)n(C)c2nc4ccccc4n32)c1. The molecule has 0 aliphatic carbocycles. The Hall–Kier alpha value is -3.61. The molecule has 0 fully saturated rings. The molecule has 0 saturated carbocycles. The minimum atomic E-state index is -0.358. The van der Waals surface area contributed by atoms with Crippen LogP contribution in [0.4, 0.5) is 5.82 Å². The van der Waals surface area contributed by atoms with E-state index in [1.807, 2.05) is 52.9 Å². The molecule has 1 aliphatic rings. The number of fused-ring (bicyclic) bond motifs is 5. The monoisotopic (exact) mass is 374 g/mol.